The number of aromatic nitrogens is 3. The Hall–Kier alpha value is -1.64. The highest BCUT2D eigenvalue weighted by Gasteiger charge is 2.32. The van der Waals surface area contributed by atoms with Crippen LogP contribution in [0.15, 0.2) is 0 Å². The van der Waals surface area contributed by atoms with Gasteiger partial charge in [-0.3, -0.25) is 4.79 Å². The summed E-state index contributed by atoms with van der Waals surface area (Å²) in [7, 11) is 5.77. The standard InChI is InChI=1S/C15H24F3N5O/c1-21(2)10-12-19-20-14(22(12)3)11-5-4-8-23(9-11)13(24)6-7-15(16,17)18/h11H,4-10H2,1-3H3. The molecule has 0 aliphatic carbocycles. The molecule has 1 amide bonds. The highest BCUT2D eigenvalue weighted by Crippen LogP contribution is 2.27. The minimum atomic E-state index is -4.30. The fourth-order valence-electron chi connectivity index (χ4n) is 2.97. The molecule has 1 fully saturated rings. The topological polar surface area (TPSA) is 54.3 Å². The van der Waals surface area contributed by atoms with Crippen LogP contribution in [0.4, 0.5) is 13.2 Å². The lowest BCUT2D eigenvalue weighted by Gasteiger charge is -2.32. The van der Waals surface area contributed by atoms with Gasteiger partial charge in [0.05, 0.1) is 13.0 Å². The molecule has 9 heteroatoms. The zero-order valence-electron chi connectivity index (χ0n) is 14.3. The molecule has 0 saturated carbocycles. The van der Waals surface area contributed by atoms with Crippen LogP contribution in [0.25, 0.3) is 0 Å². The molecule has 0 spiro atoms. The van der Waals surface area contributed by atoms with Gasteiger partial charge in [-0.15, -0.1) is 10.2 Å². The van der Waals surface area contributed by atoms with Gasteiger partial charge in [0.15, 0.2) is 0 Å². The number of alkyl halides is 3. The average Bonchev–Trinajstić information content (AvgIpc) is 2.85. The predicted octanol–water partition coefficient (Wildman–Crippen LogP) is 1.93. The summed E-state index contributed by atoms with van der Waals surface area (Å²) in [5, 5.41) is 8.43. The van der Waals surface area contributed by atoms with E-state index >= 15 is 0 Å². The maximum atomic E-state index is 12.3. The van der Waals surface area contributed by atoms with E-state index < -0.39 is 24.9 Å². The summed E-state index contributed by atoms with van der Waals surface area (Å²) in [6.45, 7) is 1.57. The quantitative estimate of drug-likeness (QED) is 0.817. The summed E-state index contributed by atoms with van der Waals surface area (Å²) >= 11 is 0. The predicted molar refractivity (Wildman–Crippen MR) is 82.2 cm³/mol. The molecule has 1 aliphatic heterocycles. The van der Waals surface area contributed by atoms with E-state index in [0.29, 0.717) is 19.6 Å². The molecule has 1 aromatic heterocycles. The maximum Gasteiger partial charge on any atom is 0.389 e. The van der Waals surface area contributed by atoms with E-state index in [2.05, 4.69) is 10.2 Å². The highest BCUT2D eigenvalue weighted by molar-refractivity contribution is 5.76. The van der Waals surface area contributed by atoms with Crippen LogP contribution in [0.3, 0.4) is 0 Å². The molecule has 24 heavy (non-hydrogen) atoms. The Bertz CT molecular complexity index is 570. The van der Waals surface area contributed by atoms with E-state index in [9.17, 15) is 18.0 Å². The second kappa shape index (κ2) is 7.50. The monoisotopic (exact) mass is 347 g/mol. The Morgan fingerprint density at radius 1 is 1.33 bits per heavy atom. The molecular formula is C15H24F3N5O. The van der Waals surface area contributed by atoms with Crippen molar-refractivity contribution in [2.45, 2.75) is 44.3 Å². The van der Waals surface area contributed by atoms with Crippen LogP contribution in [-0.2, 0) is 18.4 Å². The van der Waals surface area contributed by atoms with Gasteiger partial charge in [0.2, 0.25) is 5.91 Å². The van der Waals surface area contributed by atoms with E-state index in [1.54, 1.807) is 0 Å². The van der Waals surface area contributed by atoms with E-state index in [0.717, 1.165) is 24.5 Å². The number of amides is 1. The number of piperidine rings is 1. The van der Waals surface area contributed by atoms with Gasteiger partial charge in [0, 0.05) is 32.5 Å². The number of carbonyl (C=O) groups is 1. The van der Waals surface area contributed by atoms with Crippen LogP contribution < -0.4 is 0 Å². The first kappa shape index (κ1) is 18.7. The molecule has 1 atom stereocenters. The third-order valence-corrected chi connectivity index (χ3v) is 4.22. The lowest BCUT2D eigenvalue weighted by molar-refractivity contribution is -0.149. The fraction of sp³-hybridized carbons (Fsp3) is 0.800. The van der Waals surface area contributed by atoms with Gasteiger partial charge in [-0.1, -0.05) is 0 Å². The van der Waals surface area contributed by atoms with Gasteiger partial charge in [-0.25, -0.2) is 0 Å². The number of halogens is 3. The molecule has 1 aliphatic rings. The summed E-state index contributed by atoms with van der Waals surface area (Å²) in [6.07, 6.45) is -4.23. The highest BCUT2D eigenvalue weighted by atomic mass is 19.4. The Kier molecular flexibility index (Phi) is 5.84. The summed E-state index contributed by atoms with van der Waals surface area (Å²) in [5.41, 5.74) is 0. The summed E-state index contributed by atoms with van der Waals surface area (Å²) in [5.74, 6) is 1.20. The molecule has 2 heterocycles. The van der Waals surface area contributed by atoms with Gasteiger partial charge in [-0.2, -0.15) is 13.2 Å². The minimum Gasteiger partial charge on any atom is -0.342 e. The summed E-state index contributed by atoms with van der Waals surface area (Å²) < 4.78 is 38.8. The third-order valence-electron chi connectivity index (χ3n) is 4.22. The zero-order valence-corrected chi connectivity index (χ0v) is 14.3. The minimum absolute atomic E-state index is 0.0157. The van der Waals surface area contributed by atoms with Gasteiger partial charge in [-0.05, 0) is 26.9 Å². The summed E-state index contributed by atoms with van der Waals surface area (Å²) in [6, 6.07) is 0. The fourth-order valence-corrected chi connectivity index (χ4v) is 2.97. The van der Waals surface area contributed by atoms with E-state index in [1.165, 1.54) is 4.90 Å². The number of likely N-dealkylation sites (tertiary alicyclic amines) is 1. The normalized spacial score (nSPS) is 19.1. The van der Waals surface area contributed by atoms with Crippen molar-refractivity contribution in [2.75, 3.05) is 27.2 Å². The first-order chi connectivity index (χ1) is 11.2. The smallest absolute Gasteiger partial charge is 0.342 e. The second-order valence-electron chi connectivity index (χ2n) is 6.57. The number of hydrogen-bond acceptors (Lipinski definition) is 4. The molecule has 1 unspecified atom stereocenters. The number of carbonyl (C=O) groups excluding carboxylic acids is 1. The maximum absolute atomic E-state index is 12.3. The lowest BCUT2D eigenvalue weighted by Crippen LogP contribution is -2.40. The van der Waals surface area contributed by atoms with Crippen LogP contribution in [0.5, 0.6) is 0 Å². The molecule has 0 bridgehead atoms. The zero-order chi connectivity index (χ0) is 17.9. The first-order valence-corrected chi connectivity index (χ1v) is 8.05. The molecule has 0 aromatic carbocycles. The van der Waals surface area contributed by atoms with E-state index in [4.69, 9.17) is 0 Å². The van der Waals surface area contributed by atoms with E-state index in [-0.39, 0.29) is 5.92 Å². The van der Waals surface area contributed by atoms with Gasteiger partial charge < -0.3 is 14.4 Å². The van der Waals surface area contributed by atoms with Crippen LogP contribution in [-0.4, -0.2) is 63.8 Å². The average molecular weight is 347 g/mol. The van der Waals surface area contributed by atoms with Gasteiger partial charge >= 0.3 is 6.18 Å². The summed E-state index contributed by atoms with van der Waals surface area (Å²) in [4.78, 5) is 15.5. The molecule has 1 aromatic rings. The van der Waals surface area contributed by atoms with Crippen molar-refractivity contribution in [1.82, 2.24) is 24.6 Å². The van der Waals surface area contributed by atoms with Crippen LogP contribution in [0.1, 0.15) is 43.3 Å². The molecule has 2 rings (SSSR count). The van der Waals surface area contributed by atoms with Crippen molar-refractivity contribution < 1.29 is 18.0 Å². The Morgan fingerprint density at radius 3 is 2.67 bits per heavy atom. The van der Waals surface area contributed by atoms with Crippen molar-refractivity contribution in [3.8, 4) is 0 Å². The van der Waals surface area contributed by atoms with Crippen molar-refractivity contribution in [2.24, 2.45) is 7.05 Å². The van der Waals surface area contributed by atoms with Gasteiger partial charge in [0.1, 0.15) is 11.6 Å². The molecule has 0 radical (unpaired) electrons. The Morgan fingerprint density at radius 2 is 2.04 bits per heavy atom. The SMILES string of the molecule is CN(C)Cc1nnc(C2CCCN(C(=O)CCC(F)(F)F)C2)n1C. The largest absolute Gasteiger partial charge is 0.389 e. The van der Waals surface area contributed by atoms with Crippen molar-refractivity contribution >= 4 is 5.91 Å². The van der Waals surface area contributed by atoms with Crippen molar-refractivity contribution in [1.29, 1.82) is 0 Å². The lowest BCUT2D eigenvalue weighted by atomic mass is 9.96. The first-order valence-electron chi connectivity index (χ1n) is 8.05. The Labute approximate surface area is 139 Å². The number of nitrogens with zero attached hydrogens (tertiary/aromatic N) is 5. The molecule has 136 valence electrons. The number of rotatable bonds is 5. The van der Waals surface area contributed by atoms with Crippen LogP contribution in [0.2, 0.25) is 0 Å². The van der Waals surface area contributed by atoms with Crippen LogP contribution >= 0.6 is 0 Å². The van der Waals surface area contributed by atoms with E-state index in [1.807, 2.05) is 30.6 Å². The molecular weight excluding hydrogens is 323 g/mol. The second-order valence-corrected chi connectivity index (χ2v) is 6.57. The van der Waals surface area contributed by atoms with Crippen molar-refractivity contribution in [3.63, 3.8) is 0 Å². The van der Waals surface area contributed by atoms with Crippen LogP contribution in [0, 0.1) is 0 Å². The van der Waals surface area contributed by atoms with Crippen molar-refractivity contribution in [3.05, 3.63) is 11.6 Å². The van der Waals surface area contributed by atoms with Gasteiger partial charge in [0.25, 0.3) is 0 Å². The third kappa shape index (κ3) is 4.93. The molecule has 6 nitrogen and oxygen atoms in total. The molecule has 1 saturated heterocycles. The Balaban J connectivity index is 2.00. The molecule has 0 N–H and O–H groups in total. The number of hydrogen-bond donors (Lipinski definition) is 0.